The first-order valence-electron chi connectivity index (χ1n) is 12.7. The second-order valence-corrected chi connectivity index (χ2v) is 13.3. The summed E-state index contributed by atoms with van der Waals surface area (Å²) in [7, 11) is -4.49. The maximum Gasteiger partial charge on any atom is 0.450 e. The number of hydrogen-bond donors (Lipinski definition) is 1. The van der Waals surface area contributed by atoms with Crippen molar-refractivity contribution in [2.45, 2.75) is 75.9 Å². The fourth-order valence-corrected chi connectivity index (χ4v) is 9.29. The molecule has 200 valence electrons. The predicted molar refractivity (Wildman–Crippen MR) is 126 cm³/mol. The molecule has 8 nitrogen and oxygen atoms in total. The molecule has 5 aliphatic rings. The highest BCUT2D eigenvalue weighted by atomic mass is 32.2. The van der Waals surface area contributed by atoms with E-state index < -0.39 is 26.9 Å². The molecular formula is C25H29F3N4O4S. The third-order valence-electron chi connectivity index (χ3n) is 8.63. The molecule has 0 spiro atoms. The van der Waals surface area contributed by atoms with Crippen LogP contribution in [0.15, 0.2) is 21.7 Å². The van der Waals surface area contributed by atoms with Gasteiger partial charge in [0.15, 0.2) is 0 Å². The number of fused-ring (bicyclic) bond motifs is 1. The van der Waals surface area contributed by atoms with Crippen LogP contribution in [0.3, 0.4) is 0 Å². The van der Waals surface area contributed by atoms with Gasteiger partial charge in [-0.3, -0.25) is 4.79 Å². The molecule has 1 amide bonds. The molecule has 3 heterocycles. The second kappa shape index (κ2) is 8.52. The van der Waals surface area contributed by atoms with Gasteiger partial charge in [-0.05, 0) is 75.0 Å². The number of furan rings is 1. The number of anilines is 1. The van der Waals surface area contributed by atoms with Gasteiger partial charge in [0, 0.05) is 24.6 Å². The summed E-state index contributed by atoms with van der Waals surface area (Å²) in [6.07, 6.45) is 4.13. The quantitative estimate of drug-likeness (QED) is 0.592. The molecule has 0 saturated heterocycles. The minimum absolute atomic E-state index is 0.0652. The summed E-state index contributed by atoms with van der Waals surface area (Å²) >= 11 is 0. The summed E-state index contributed by atoms with van der Waals surface area (Å²) in [5, 5.41) is 2.94. The topological polar surface area (TPSA) is 105 Å². The predicted octanol–water partition coefficient (Wildman–Crippen LogP) is 4.69. The van der Waals surface area contributed by atoms with Gasteiger partial charge in [-0.2, -0.15) is 17.5 Å². The van der Waals surface area contributed by atoms with Crippen molar-refractivity contribution in [3.63, 3.8) is 0 Å². The van der Waals surface area contributed by atoms with Crippen LogP contribution in [0.2, 0.25) is 0 Å². The lowest BCUT2D eigenvalue weighted by atomic mass is 9.49. The van der Waals surface area contributed by atoms with Gasteiger partial charge in [0.05, 0.1) is 12.2 Å². The number of alkyl halides is 3. The molecule has 4 saturated carbocycles. The van der Waals surface area contributed by atoms with Crippen molar-refractivity contribution in [3.05, 3.63) is 35.2 Å². The Balaban J connectivity index is 1.19. The van der Waals surface area contributed by atoms with Gasteiger partial charge in [-0.15, -0.1) is 0 Å². The first kappa shape index (κ1) is 24.8. The molecule has 1 aliphatic heterocycles. The number of sulfonamides is 1. The van der Waals surface area contributed by atoms with Crippen LogP contribution in [0, 0.1) is 30.1 Å². The molecule has 2 aromatic heterocycles. The second-order valence-electron chi connectivity index (χ2n) is 11.4. The summed E-state index contributed by atoms with van der Waals surface area (Å²) in [6.45, 7) is 0.979. The molecule has 4 fully saturated rings. The van der Waals surface area contributed by atoms with Crippen LogP contribution in [0.1, 0.15) is 67.7 Å². The van der Waals surface area contributed by atoms with Crippen LogP contribution >= 0.6 is 0 Å². The van der Waals surface area contributed by atoms with Crippen LogP contribution < -0.4 is 5.32 Å². The largest absolute Gasteiger partial charge is 0.455 e. The van der Waals surface area contributed by atoms with Crippen molar-refractivity contribution in [1.82, 2.24) is 14.3 Å². The van der Waals surface area contributed by atoms with Gasteiger partial charge in [0.25, 0.3) is 0 Å². The van der Waals surface area contributed by atoms with Gasteiger partial charge >= 0.3 is 6.18 Å². The number of aryl methyl sites for hydroxylation is 1. The van der Waals surface area contributed by atoms with Crippen LogP contribution in [0.4, 0.5) is 19.0 Å². The molecule has 0 unspecified atom stereocenters. The fraction of sp³-hybridized carbons (Fsp3) is 0.640. The molecule has 0 atom stereocenters. The van der Waals surface area contributed by atoms with Crippen LogP contribution in [0.5, 0.6) is 0 Å². The summed E-state index contributed by atoms with van der Waals surface area (Å²) in [6, 6.07) is 0.893. The van der Waals surface area contributed by atoms with E-state index in [-0.39, 0.29) is 36.6 Å². The highest BCUT2D eigenvalue weighted by Crippen LogP contribution is 2.61. The van der Waals surface area contributed by atoms with E-state index in [1.165, 1.54) is 32.5 Å². The lowest BCUT2D eigenvalue weighted by Crippen LogP contribution is -2.47. The summed E-state index contributed by atoms with van der Waals surface area (Å²) < 4.78 is 72.2. The average molecular weight is 539 g/mol. The smallest absolute Gasteiger partial charge is 0.450 e. The summed E-state index contributed by atoms with van der Waals surface area (Å²) in [5.74, 6) is 0.779. The molecule has 0 aromatic carbocycles. The van der Waals surface area contributed by atoms with E-state index in [0.29, 0.717) is 23.5 Å². The maximum absolute atomic E-state index is 13.4. The van der Waals surface area contributed by atoms with Crippen molar-refractivity contribution in [2.75, 3.05) is 11.9 Å². The number of aromatic nitrogens is 2. The SMILES string of the molecule is Cc1cc(S(=O)(=O)N2CCc3c(ncnc3NC(=O)CC34CC5CC(CC(C5)C3)C4)C2)c(C(F)(F)F)o1. The van der Waals surface area contributed by atoms with E-state index in [1.54, 1.807) is 0 Å². The zero-order valence-corrected chi connectivity index (χ0v) is 21.3. The number of hydrogen-bond acceptors (Lipinski definition) is 6. The first-order valence-corrected chi connectivity index (χ1v) is 14.2. The third-order valence-corrected chi connectivity index (χ3v) is 10.5. The maximum atomic E-state index is 13.4. The molecular weight excluding hydrogens is 509 g/mol. The number of nitrogens with one attached hydrogen (secondary N) is 1. The van der Waals surface area contributed by atoms with E-state index in [4.69, 9.17) is 0 Å². The van der Waals surface area contributed by atoms with Gasteiger partial charge in [0.1, 0.15) is 22.8 Å². The molecule has 0 radical (unpaired) electrons. The van der Waals surface area contributed by atoms with Gasteiger partial charge in [-0.1, -0.05) is 0 Å². The number of carbonyl (C=O) groups excluding carboxylic acids is 1. The molecule has 37 heavy (non-hydrogen) atoms. The Labute approximate surface area is 213 Å². The molecule has 2 aromatic rings. The number of amides is 1. The Bertz CT molecular complexity index is 1320. The average Bonchev–Trinajstić information content (AvgIpc) is 3.21. The van der Waals surface area contributed by atoms with E-state index in [9.17, 15) is 26.4 Å². The third kappa shape index (κ3) is 4.45. The summed E-state index contributed by atoms with van der Waals surface area (Å²) in [4.78, 5) is 20.7. The molecule has 4 bridgehead atoms. The minimum Gasteiger partial charge on any atom is -0.455 e. The zero-order valence-electron chi connectivity index (χ0n) is 20.5. The van der Waals surface area contributed by atoms with Crippen LogP contribution in [-0.4, -0.2) is 35.1 Å². The van der Waals surface area contributed by atoms with Crippen molar-refractivity contribution in [3.8, 4) is 0 Å². The van der Waals surface area contributed by atoms with E-state index in [0.717, 1.165) is 47.4 Å². The number of nitrogens with zero attached hydrogens (tertiary/aromatic N) is 3. The minimum atomic E-state index is -4.94. The standard InChI is InChI=1S/C25H29F3N4O4S/c1-14-4-20(22(36-14)25(26,27)28)37(34,35)32-3-2-18-19(12-32)29-13-30-23(18)31-21(33)11-24-8-15-5-16(9-24)7-17(6-15)10-24/h4,13,15-17H,2-3,5-12H2,1H3,(H,29,30,31,33). The Hall–Kier alpha value is -2.47. The van der Waals surface area contributed by atoms with E-state index >= 15 is 0 Å². The van der Waals surface area contributed by atoms with Crippen molar-refractivity contribution >= 4 is 21.7 Å². The zero-order chi connectivity index (χ0) is 26.2. The lowest BCUT2D eigenvalue weighted by Gasteiger charge is -2.56. The highest BCUT2D eigenvalue weighted by molar-refractivity contribution is 7.89. The van der Waals surface area contributed by atoms with Gasteiger partial charge in [-0.25, -0.2) is 18.4 Å². The molecule has 12 heteroatoms. The van der Waals surface area contributed by atoms with E-state index in [1.807, 2.05) is 0 Å². The van der Waals surface area contributed by atoms with Crippen LogP contribution in [0.25, 0.3) is 0 Å². The first-order chi connectivity index (χ1) is 17.4. The number of carbonyl (C=O) groups is 1. The van der Waals surface area contributed by atoms with Gasteiger partial charge < -0.3 is 9.73 Å². The normalized spacial score (nSPS) is 29.4. The highest BCUT2D eigenvalue weighted by Gasteiger charge is 2.51. The molecule has 4 aliphatic carbocycles. The lowest BCUT2D eigenvalue weighted by molar-refractivity contribution is -0.156. The Morgan fingerprint density at radius 1 is 1.16 bits per heavy atom. The Kier molecular flexibility index (Phi) is 5.72. The van der Waals surface area contributed by atoms with Crippen molar-refractivity contribution < 1.29 is 30.8 Å². The Morgan fingerprint density at radius 3 is 2.43 bits per heavy atom. The monoisotopic (exact) mass is 538 g/mol. The molecule has 1 N–H and O–H groups in total. The van der Waals surface area contributed by atoms with Crippen molar-refractivity contribution in [2.24, 2.45) is 23.2 Å². The Morgan fingerprint density at radius 2 is 1.81 bits per heavy atom. The molecule has 7 rings (SSSR count). The van der Waals surface area contributed by atoms with Crippen LogP contribution in [-0.2, 0) is 34.0 Å². The van der Waals surface area contributed by atoms with Gasteiger partial charge in [0.2, 0.25) is 21.7 Å². The summed E-state index contributed by atoms with van der Waals surface area (Å²) in [5.41, 5.74) is 1.05. The fourth-order valence-electron chi connectivity index (χ4n) is 7.69. The number of rotatable bonds is 5. The number of halogens is 3. The van der Waals surface area contributed by atoms with E-state index in [2.05, 4.69) is 19.7 Å². The van der Waals surface area contributed by atoms with Crippen molar-refractivity contribution in [1.29, 1.82) is 0 Å².